The van der Waals surface area contributed by atoms with Crippen LogP contribution in [0.2, 0.25) is 0 Å². The van der Waals surface area contributed by atoms with Gasteiger partial charge in [-0.3, -0.25) is 13.9 Å². The summed E-state index contributed by atoms with van der Waals surface area (Å²) in [5, 5.41) is 0. The van der Waals surface area contributed by atoms with Gasteiger partial charge in [-0.25, -0.2) is 14.4 Å². The molecule has 2 aromatic heterocycles. The second-order valence-electron chi connectivity index (χ2n) is 5.57. The summed E-state index contributed by atoms with van der Waals surface area (Å²) in [5.74, 6) is -1.26. The first kappa shape index (κ1) is 18.2. The van der Waals surface area contributed by atoms with Crippen LogP contribution >= 0.6 is 0 Å². The van der Waals surface area contributed by atoms with Gasteiger partial charge in [0.2, 0.25) is 0 Å². The molecule has 2 heterocycles. The summed E-state index contributed by atoms with van der Waals surface area (Å²) in [4.78, 5) is 50.4. The first-order chi connectivity index (χ1) is 11.7. The van der Waals surface area contributed by atoms with E-state index in [1.54, 1.807) is 13.8 Å². The molecule has 0 radical (unpaired) electrons. The molecular formula is C16H19N3O6. The van der Waals surface area contributed by atoms with Gasteiger partial charge in [0.25, 0.3) is 5.56 Å². The van der Waals surface area contributed by atoms with Crippen molar-refractivity contribution in [2.45, 2.75) is 20.5 Å². The van der Waals surface area contributed by atoms with E-state index in [0.717, 1.165) is 4.57 Å². The third-order valence-corrected chi connectivity index (χ3v) is 4.01. The molecule has 1 N–H and O–H groups in total. The predicted molar refractivity (Wildman–Crippen MR) is 87.6 cm³/mol. The Balaban J connectivity index is 2.27. The molecular weight excluding hydrogens is 330 g/mol. The van der Waals surface area contributed by atoms with Gasteiger partial charge < -0.3 is 14.5 Å². The van der Waals surface area contributed by atoms with Crippen molar-refractivity contribution >= 4 is 11.9 Å². The number of aryl methyl sites for hydroxylation is 1. The largest absolute Gasteiger partial charge is 0.465 e. The van der Waals surface area contributed by atoms with Crippen LogP contribution < -0.4 is 11.2 Å². The average molecular weight is 349 g/mol. The van der Waals surface area contributed by atoms with E-state index in [4.69, 9.17) is 4.74 Å². The lowest BCUT2D eigenvalue weighted by molar-refractivity contribution is 0.0455. The average Bonchev–Trinajstić information content (AvgIpc) is 2.88. The molecule has 0 amide bonds. The van der Waals surface area contributed by atoms with Gasteiger partial charge in [-0.15, -0.1) is 0 Å². The zero-order valence-electron chi connectivity index (χ0n) is 14.6. The van der Waals surface area contributed by atoms with E-state index >= 15 is 0 Å². The summed E-state index contributed by atoms with van der Waals surface area (Å²) >= 11 is 0. The number of aromatic amines is 1. The summed E-state index contributed by atoms with van der Waals surface area (Å²) in [6, 6.07) is 1.22. The first-order valence-corrected chi connectivity index (χ1v) is 7.39. The zero-order chi connectivity index (χ0) is 18.9. The first-order valence-electron chi connectivity index (χ1n) is 7.39. The summed E-state index contributed by atoms with van der Waals surface area (Å²) < 4.78 is 12.0. The molecule has 0 spiro atoms. The van der Waals surface area contributed by atoms with Crippen LogP contribution in [0.4, 0.5) is 0 Å². The summed E-state index contributed by atoms with van der Waals surface area (Å²) in [6.45, 7) is 2.98. The number of carbonyl (C=O) groups is 2. The molecule has 0 bridgehead atoms. The lowest BCUT2D eigenvalue weighted by Gasteiger charge is -2.10. The number of nitrogens with one attached hydrogen (secondary N) is 1. The van der Waals surface area contributed by atoms with Crippen LogP contribution in [0.5, 0.6) is 0 Å². The Labute approximate surface area is 142 Å². The fraction of sp³-hybridized carbons (Fsp3) is 0.375. The molecule has 0 saturated carbocycles. The smallest absolute Gasteiger partial charge is 0.355 e. The van der Waals surface area contributed by atoms with E-state index in [1.807, 2.05) is 0 Å². The van der Waals surface area contributed by atoms with Crippen molar-refractivity contribution < 1.29 is 19.1 Å². The van der Waals surface area contributed by atoms with Crippen molar-refractivity contribution in [1.82, 2.24) is 14.1 Å². The van der Waals surface area contributed by atoms with E-state index in [1.165, 1.54) is 31.8 Å². The quantitative estimate of drug-likeness (QED) is 0.788. The number of H-pyrrole nitrogens is 1. The standard InChI is InChI=1S/C16H19N3O6/c1-8-12(14(21)24-5)9(2)17-13(8)15(22)25-7-10-6-11(20)19(4)16(23)18(10)3/h6,17H,7H2,1-5H3. The number of nitrogens with zero attached hydrogens (tertiary/aromatic N) is 2. The van der Waals surface area contributed by atoms with Gasteiger partial charge in [0.15, 0.2) is 0 Å². The van der Waals surface area contributed by atoms with E-state index in [0.29, 0.717) is 11.3 Å². The highest BCUT2D eigenvalue weighted by Crippen LogP contribution is 2.19. The minimum Gasteiger partial charge on any atom is -0.465 e. The van der Waals surface area contributed by atoms with E-state index in [-0.39, 0.29) is 23.6 Å². The van der Waals surface area contributed by atoms with Crippen molar-refractivity contribution in [2.75, 3.05) is 7.11 Å². The van der Waals surface area contributed by atoms with Gasteiger partial charge in [-0.1, -0.05) is 0 Å². The zero-order valence-corrected chi connectivity index (χ0v) is 14.6. The molecule has 0 saturated heterocycles. The molecule has 0 atom stereocenters. The molecule has 0 fully saturated rings. The topological polar surface area (TPSA) is 112 Å². The normalized spacial score (nSPS) is 10.6. The van der Waals surface area contributed by atoms with Gasteiger partial charge in [0.1, 0.15) is 12.3 Å². The van der Waals surface area contributed by atoms with Crippen LogP contribution in [0.1, 0.15) is 37.8 Å². The summed E-state index contributed by atoms with van der Waals surface area (Å²) in [7, 11) is 4.09. The van der Waals surface area contributed by atoms with Crippen molar-refractivity contribution in [3.63, 3.8) is 0 Å². The molecule has 9 nitrogen and oxygen atoms in total. The molecule has 0 aliphatic rings. The number of methoxy groups -OCH3 is 1. The Hall–Kier alpha value is -3.10. The van der Waals surface area contributed by atoms with Gasteiger partial charge in [-0.2, -0.15) is 0 Å². The SMILES string of the molecule is COC(=O)c1c(C)[nH]c(C(=O)OCc2cc(=O)n(C)c(=O)n2C)c1C. The fourth-order valence-electron chi connectivity index (χ4n) is 2.49. The van der Waals surface area contributed by atoms with Crippen molar-refractivity contribution in [3.05, 3.63) is 55.1 Å². The summed E-state index contributed by atoms with van der Waals surface area (Å²) in [6.07, 6.45) is 0. The van der Waals surface area contributed by atoms with E-state index in [9.17, 15) is 19.2 Å². The highest BCUT2D eigenvalue weighted by atomic mass is 16.5. The second-order valence-corrected chi connectivity index (χ2v) is 5.57. The van der Waals surface area contributed by atoms with Crippen LogP contribution in [-0.4, -0.2) is 33.2 Å². The number of esters is 2. The molecule has 2 rings (SSSR count). The van der Waals surface area contributed by atoms with Gasteiger partial charge in [0, 0.05) is 25.9 Å². The number of rotatable bonds is 4. The Kier molecular flexibility index (Phi) is 4.96. The highest BCUT2D eigenvalue weighted by molar-refractivity contribution is 5.98. The number of hydrogen-bond donors (Lipinski definition) is 1. The number of hydrogen-bond acceptors (Lipinski definition) is 6. The number of carbonyl (C=O) groups excluding carboxylic acids is 2. The molecule has 0 aliphatic heterocycles. The molecule has 25 heavy (non-hydrogen) atoms. The predicted octanol–water partition coefficient (Wildman–Crippen LogP) is 0.173. The monoisotopic (exact) mass is 349 g/mol. The Morgan fingerprint density at radius 1 is 1.12 bits per heavy atom. The van der Waals surface area contributed by atoms with Crippen LogP contribution in [0.15, 0.2) is 15.7 Å². The van der Waals surface area contributed by atoms with Gasteiger partial charge in [0.05, 0.1) is 18.4 Å². The Morgan fingerprint density at radius 2 is 1.76 bits per heavy atom. The van der Waals surface area contributed by atoms with Crippen LogP contribution in [0.3, 0.4) is 0 Å². The lowest BCUT2D eigenvalue weighted by Crippen LogP contribution is -2.38. The van der Waals surface area contributed by atoms with Crippen molar-refractivity contribution in [1.29, 1.82) is 0 Å². The summed E-state index contributed by atoms with van der Waals surface area (Å²) in [5.41, 5.74) is 0.537. The fourth-order valence-corrected chi connectivity index (χ4v) is 2.49. The van der Waals surface area contributed by atoms with E-state index in [2.05, 4.69) is 9.72 Å². The minimum absolute atomic E-state index is 0.117. The Bertz CT molecular complexity index is 963. The minimum atomic E-state index is -0.705. The van der Waals surface area contributed by atoms with Gasteiger partial charge >= 0.3 is 17.6 Å². The van der Waals surface area contributed by atoms with Crippen LogP contribution in [0, 0.1) is 13.8 Å². The molecule has 0 unspecified atom stereocenters. The Morgan fingerprint density at radius 3 is 2.36 bits per heavy atom. The molecule has 2 aromatic rings. The van der Waals surface area contributed by atoms with E-state index < -0.39 is 23.2 Å². The maximum Gasteiger partial charge on any atom is 0.355 e. The lowest BCUT2D eigenvalue weighted by atomic mass is 10.1. The third-order valence-electron chi connectivity index (χ3n) is 4.01. The number of ether oxygens (including phenoxy) is 2. The third kappa shape index (κ3) is 3.25. The van der Waals surface area contributed by atoms with Gasteiger partial charge in [-0.05, 0) is 19.4 Å². The highest BCUT2D eigenvalue weighted by Gasteiger charge is 2.23. The molecule has 0 aliphatic carbocycles. The van der Waals surface area contributed by atoms with Crippen LogP contribution in [0.25, 0.3) is 0 Å². The maximum absolute atomic E-state index is 12.3. The maximum atomic E-state index is 12.3. The second kappa shape index (κ2) is 6.80. The van der Waals surface area contributed by atoms with Crippen molar-refractivity contribution in [3.8, 4) is 0 Å². The van der Waals surface area contributed by atoms with Crippen LogP contribution in [-0.2, 0) is 30.2 Å². The molecule has 0 aromatic carbocycles. The van der Waals surface area contributed by atoms with Crippen molar-refractivity contribution in [2.24, 2.45) is 14.1 Å². The molecule has 9 heteroatoms. The number of aromatic nitrogens is 3. The molecule has 134 valence electrons.